The highest BCUT2D eigenvalue weighted by Gasteiger charge is 2.28. The van der Waals surface area contributed by atoms with E-state index in [4.69, 9.17) is 5.26 Å². The molecular weight excluding hydrogens is 126 g/mol. The second kappa shape index (κ2) is 3.00. The Hall–Kier alpha value is -0.590. The maximum absolute atomic E-state index is 8.52. The van der Waals surface area contributed by atoms with Crippen LogP contribution in [0.3, 0.4) is 0 Å². The summed E-state index contributed by atoms with van der Waals surface area (Å²) in [6.45, 7) is 3.97. The van der Waals surface area contributed by atoms with E-state index >= 15 is 0 Å². The second-order valence-electron chi connectivity index (χ2n) is 2.74. The summed E-state index contributed by atoms with van der Waals surface area (Å²) in [7, 11) is 1.96. The number of nitriles is 1. The highest BCUT2D eigenvalue weighted by molar-refractivity contribution is 4.96. The standard InChI is InChI=1S/C7H13N3/c1-6(3-8)10-4-7(5-10)9-2/h6-7,9H,4-5H2,1-2H3. The van der Waals surface area contributed by atoms with Gasteiger partial charge in [0.25, 0.3) is 0 Å². The van der Waals surface area contributed by atoms with Gasteiger partial charge in [-0.15, -0.1) is 0 Å². The Morgan fingerprint density at radius 1 is 1.70 bits per heavy atom. The zero-order valence-corrected chi connectivity index (χ0v) is 6.46. The van der Waals surface area contributed by atoms with Crippen molar-refractivity contribution in [2.45, 2.75) is 19.0 Å². The summed E-state index contributed by atoms with van der Waals surface area (Å²) in [5.74, 6) is 0. The molecule has 1 aliphatic heterocycles. The summed E-state index contributed by atoms with van der Waals surface area (Å²) in [6.07, 6.45) is 0. The first-order valence-electron chi connectivity index (χ1n) is 3.59. The largest absolute Gasteiger partial charge is 0.315 e. The summed E-state index contributed by atoms with van der Waals surface area (Å²) < 4.78 is 0. The third-order valence-corrected chi connectivity index (χ3v) is 2.05. The number of rotatable bonds is 2. The first-order valence-corrected chi connectivity index (χ1v) is 3.59. The minimum absolute atomic E-state index is 0.0876. The Morgan fingerprint density at radius 2 is 2.30 bits per heavy atom. The third kappa shape index (κ3) is 1.28. The van der Waals surface area contributed by atoms with Crippen molar-refractivity contribution >= 4 is 0 Å². The lowest BCUT2D eigenvalue weighted by atomic mass is 10.1. The Morgan fingerprint density at radius 3 is 2.70 bits per heavy atom. The Balaban J connectivity index is 2.21. The molecule has 56 valence electrons. The number of likely N-dealkylation sites (tertiary alicyclic amines) is 1. The van der Waals surface area contributed by atoms with Crippen LogP contribution in [-0.2, 0) is 0 Å². The van der Waals surface area contributed by atoms with Gasteiger partial charge in [0.2, 0.25) is 0 Å². The van der Waals surface area contributed by atoms with Gasteiger partial charge in [0.05, 0.1) is 12.1 Å². The molecule has 1 aliphatic rings. The molecule has 1 unspecified atom stereocenters. The smallest absolute Gasteiger partial charge is 0.0950 e. The van der Waals surface area contributed by atoms with E-state index in [1.54, 1.807) is 0 Å². The molecule has 0 bridgehead atoms. The van der Waals surface area contributed by atoms with E-state index in [0.717, 1.165) is 13.1 Å². The zero-order valence-electron chi connectivity index (χ0n) is 6.46. The Bertz CT molecular complexity index is 143. The van der Waals surface area contributed by atoms with Crippen molar-refractivity contribution in [1.82, 2.24) is 10.2 Å². The van der Waals surface area contributed by atoms with Crippen LogP contribution in [0.5, 0.6) is 0 Å². The van der Waals surface area contributed by atoms with Crippen molar-refractivity contribution in [1.29, 1.82) is 5.26 Å². The molecule has 1 atom stereocenters. The SMILES string of the molecule is CNC1CN(C(C)C#N)C1. The molecule has 0 aliphatic carbocycles. The lowest BCUT2D eigenvalue weighted by Crippen LogP contribution is -2.59. The highest BCUT2D eigenvalue weighted by atomic mass is 15.3. The molecule has 3 heteroatoms. The number of likely N-dealkylation sites (N-methyl/N-ethyl adjacent to an activating group) is 1. The third-order valence-electron chi connectivity index (χ3n) is 2.05. The van der Waals surface area contributed by atoms with Crippen molar-refractivity contribution in [2.24, 2.45) is 0 Å². The fraction of sp³-hybridized carbons (Fsp3) is 0.857. The van der Waals surface area contributed by atoms with E-state index in [1.165, 1.54) is 0 Å². The molecular formula is C7H13N3. The van der Waals surface area contributed by atoms with E-state index in [-0.39, 0.29) is 6.04 Å². The van der Waals surface area contributed by atoms with Gasteiger partial charge in [-0.1, -0.05) is 0 Å². The van der Waals surface area contributed by atoms with E-state index < -0.39 is 0 Å². The maximum atomic E-state index is 8.52. The van der Waals surface area contributed by atoms with Gasteiger partial charge in [-0.3, -0.25) is 4.90 Å². The second-order valence-corrected chi connectivity index (χ2v) is 2.74. The summed E-state index contributed by atoms with van der Waals surface area (Å²) >= 11 is 0. The van der Waals surface area contributed by atoms with Crippen molar-refractivity contribution in [2.75, 3.05) is 20.1 Å². The van der Waals surface area contributed by atoms with Crippen LogP contribution < -0.4 is 5.32 Å². The number of hydrogen-bond donors (Lipinski definition) is 1. The first kappa shape index (κ1) is 7.52. The lowest BCUT2D eigenvalue weighted by Gasteiger charge is -2.40. The summed E-state index contributed by atoms with van der Waals surface area (Å²) in [4.78, 5) is 2.15. The van der Waals surface area contributed by atoms with Crippen molar-refractivity contribution in [3.8, 4) is 6.07 Å². The molecule has 0 aromatic carbocycles. The molecule has 3 nitrogen and oxygen atoms in total. The molecule has 0 aromatic heterocycles. The molecule has 0 aromatic rings. The molecule has 1 fully saturated rings. The van der Waals surface area contributed by atoms with Gasteiger partial charge in [0, 0.05) is 19.1 Å². The highest BCUT2D eigenvalue weighted by Crippen LogP contribution is 2.10. The molecule has 0 spiro atoms. The van der Waals surface area contributed by atoms with Gasteiger partial charge in [0.1, 0.15) is 0 Å². The number of hydrogen-bond acceptors (Lipinski definition) is 3. The molecule has 1 heterocycles. The van der Waals surface area contributed by atoms with Gasteiger partial charge >= 0.3 is 0 Å². The lowest BCUT2D eigenvalue weighted by molar-refractivity contribution is 0.112. The predicted molar refractivity (Wildman–Crippen MR) is 39.5 cm³/mol. The summed E-state index contributed by atoms with van der Waals surface area (Å²) in [6, 6.07) is 2.90. The molecule has 1 N–H and O–H groups in total. The average Bonchev–Trinajstić information content (AvgIpc) is 1.85. The zero-order chi connectivity index (χ0) is 7.56. The van der Waals surface area contributed by atoms with Crippen molar-refractivity contribution < 1.29 is 0 Å². The Kier molecular flexibility index (Phi) is 2.25. The van der Waals surface area contributed by atoms with Crippen LogP contribution >= 0.6 is 0 Å². The fourth-order valence-corrected chi connectivity index (χ4v) is 1.09. The van der Waals surface area contributed by atoms with E-state index in [0.29, 0.717) is 6.04 Å². The van der Waals surface area contributed by atoms with Gasteiger partial charge in [0.15, 0.2) is 0 Å². The molecule has 0 radical (unpaired) electrons. The van der Waals surface area contributed by atoms with Gasteiger partial charge in [-0.05, 0) is 14.0 Å². The monoisotopic (exact) mass is 139 g/mol. The topological polar surface area (TPSA) is 39.1 Å². The molecule has 0 saturated carbocycles. The van der Waals surface area contributed by atoms with Crippen LogP contribution in [0.25, 0.3) is 0 Å². The normalized spacial score (nSPS) is 23.3. The molecule has 1 saturated heterocycles. The van der Waals surface area contributed by atoms with Crippen LogP contribution in [0.15, 0.2) is 0 Å². The Labute approximate surface area is 61.6 Å². The predicted octanol–water partition coefficient (Wildman–Crippen LogP) is -0.198. The summed E-state index contributed by atoms with van der Waals surface area (Å²) in [5.41, 5.74) is 0. The van der Waals surface area contributed by atoms with E-state index in [1.807, 2.05) is 14.0 Å². The molecule has 10 heavy (non-hydrogen) atoms. The van der Waals surface area contributed by atoms with Crippen LogP contribution in [0.4, 0.5) is 0 Å². The number of nitrogens with one attached hydrogen (secondary N) is 1. The minimum Gasteiger partial charge on any atom is -0.315 e. The fourth-order valence-electron chi connectivity index (χ4n) is 1.09. The molecule has 0 amide bonds. The summed E-state index contributed by atoms with van der Waals surface area (Å²) in [5, 5.41) is 11.7. The quantitative estimate of drug-likeness (QED) is 0.576. The van der Waals surface area contributed by atoms with Crippen LogP contribution in [0.2, 0.25) is 0 Å². The minimum atomic E-state index is 0.0876. The van der Waals surface area contributed by atoms with E-state index in [2.05, 4.69) is 16.3 Å². The van der Waals surface area contributed by atoms with Crippen LogP contribution in [0, 0.1) is 11.3 Å². The number of nitrogens with zero attached hydrogens (tertiary/aromatic N) is 2. The van der Waals surface area contributed by atoms with Crippen molar-refractivity contribution in [3.05, 3.63) is 0 Å². The van der Waals surface area contributed by atoms with Gasteiger partial charge in [-0.2, -0.15) is 5.26 Å². The average molecular weight is 139 g/mol. The van der Waals surface area contributed by atoms with Crippen molar-refractivity contribution in [3.63, 3.8) is 0 Å². The van der Waals surface area contributed by atoms with E-state index in [9.17, 15) is 0 Å². The van der Waals surface area contributed by atoms with Gasteiger partial charge < -0.3 is 5.32 Å². The van der Waals surface area contributed by atoms with Gasteiger partial charge in [-0.25, -0.2) is 0 Å². The maximum Gasteiger partial charge on any atom is 0.0950 e. The van der Waals surface area contributed by atoms with Crippen LogP contribution in [-0.4, -0.2) is 37.1 Å². The first-order chi connectivity index (χ1) is 4.77. The molecule has 1 rings (SSSR count). The van der Waals surface area contributed by atoms with Crippen LogP contribution in [0.1, 0.15) is 6.92 Å².